The van der Waals surface area contributed by atoms with Crippen molar-refractivity contribution >= 4 is 11.9 Å². The van der Waals surface area contributed by atoms with E-state index in [-0.39, 0.29) is 5.97 Å². The molecular weight excluding hydrogens is 250 g/mol. The van der Waals surface area contributed by atoms with Gasteiger partial charge in [-0.25, -0.2) is 9.79 Å². The minimum atomic E-state index is -0.439. The first-order chi connectivity index (χ1) is 9.74. The molecule has 0 amide bonds. The summed E-state index contributed by atoms with van der Waals surface area (Å²) < 4.78 is 5.28. The Bertz CT molecular complexity index is 662. The highest BCUT2D eigenvalue weighted by molar-refractivity contribution is 6.06. The van der Waals surface area contributed by atoms with Crippen molar-refractivity contribution in [1.82, 2.24) is 0 Å². The lowest BCUT2D eigenvalue weighted by Crippen LogP contribution is -2.18. The zero-order valence-electron chi connectivity index (χ0n) is 11.2. The maximum absolute atomic E-state index is 11.9. The van der Waals surface area contributed by atoms with Gasteiger partial charge in [0.15, 0.2) is 6.04 Å². The smallest absolute Gasteiger partial charge is 0.338 e. The molecule has 3 nitrogen and oxygen atoms in total. The van der Waals surface area contributed by atoms with E-state index in [2.05, 4.69) is 4.99 Å². The normalized spacial score (nSPS) is 17.8. The molecule has 0 bridgehead atoms. The Hall–Kier alpha value is -2.42. The van der Waals surface area contributed by atoms with Crippen LogP contribution in [0.1, 0.15) is 16.7 Å². The summed E-state index contributed by atoms with van der Waals surface area (Å²) in [6.07, 6.45) is 0.585. The molecule has 1 aliphatic rings. The van der Waals surface area contributed by atoms with E-state index in [1.54, 1.807) is 0 Å². The molecule has 0 N–H and O–H groups in total. The number of hydrogen-bond acceptors (Lipinski definition) is 3. The van der Waals surface area contributed by atoms with Crippen LogP contribution in [-0.2, 0) is 16.0 Å². The Balaban J connectivity index is 1.83. The van der Waals surface area contributed by atoms with E-state index in [0.29, 0.717) is 12.3 Å². The van der Waals surface area contributed by atoms with Gasteiger partial charge in [-0.3, -0.25) is 0 Å². The van der Waals surface area contributed by atoms with E-state index in [4.69, 9.17) is 4.74 Å². The molecule has 3 heteroatoms. The van der Waals surface area contributed by atoms with Crippen LogP contribution in [-0.4, -0.2) is 17.9 Å². The van der Waals surface area contributed by atoms with Gasteiger partial charge in [-0.1, -0.05) is 42.5 Å². The van der Waals surface area contributed by atoms with Crippen LogP contribution in [0.25, 0.3) is 0 Å². The number of cyclic esters (lactones) is 1. The fourth-order valence-corrected chi connectivity index (χ4v) is 2.27. The fourth-order valence-electron chi connectivity index (χ4n) is 2.27. The second-order valence-electron chi connectivity index (χ2n) is 4.87. The van der Waals surface area contributed by atoms with Gasteiger partial charge >= 0.3 is 5.97 Å². The van der Waals surface area contributed by atoms with Crippen LogP contribution in [0.3, 0.4) is 0 Å². The second-order valence-corrected chi connectivity index (χ2v) is 4.87. The van der Waals surface area contributed by atoms with Crippen LogP contribution in [0.5, 0.6) is 0 Å². The van der Waals surface area contributed by atoms with E-state index < -0.39 is 6.04 Å². The molecule has 0 fully saturated rings. The highest BCUT2D eigenvalue weighted by atomic mass is 16.6. The van der Waals surface area contributed by atoms with E-state index >= 15 is 0 Å². The molecule has 0 aromatic heterocycles. The number of carbonyl (C=O) groups is 1. The minimum absolute atomic E-state index is 0.271. The molecule has 0 saturated carbocycles. The maximum atomic E-state index is 11.9. The largest absolute Gasteiger partial charge is 0.406 e. The van der Waals surface area contributed by atoms with E-state index in [9.17, 15) is 4.79 Å². The van der Waals surface area contributed by atoms with Crippen molar-refractivity contribution in [2.24, 2.45) is 4.99 Å². The third kappa shape index (κ3) is 2.48. The summed E-state index contributed by atoms with van der Waals surface area (Å²) in [5, 5.41) is 0. The van der Waals surface area contributed by atoms with E-state index in [1.807, 2.05) is 61.5 Å². The van der Waals surface area contributed by atoms with E-state index in [0.717, 1.165) is 11.1 Å². The highest BCUT2D eigenvalue weighted by Crippen LogP contribution is 2.18. The van der Waals surface area contributed by atoms with Crippen LogP contribution in [0, 0.1) is 6.92 Å². The molecule has 0 aliphatic carbocycles. The predicted octanol–water partition coefficient (Wildman–Crippen LogP) is 2.91. The number of hydrogen-bond donors (Lipinski definition) is 0. The number of nitrogens with zero attached hydrogens (tertiary/aromatic N) is 1. The van der Waals surface area contributed by atoms with Crippen molar-refractivity contribution in [3.63, 3.8) is 0 Å². The Labute approximate surface area is 117 Å². The summed E-state index contributed by atoms with van der Waals surface area (Å²) in [6.45, 7) is 2.04. The molecule has 0 spiro atoms. The summed E-state index contributed by atoms with van der Waals surface area (Å²) in [6, 6.07) is 17.1. The van der Waals surface area contributed by atoms with Crippen molar-refractivity contribution < 1.29 is 9.53 Å². The number of ether oxygens (including phenoxy) is 1. The molecule has 0 radical (unpaired) electrons. The SMILES string of the molecule is Cc1ccccc1CC1N=C(c2ccccc2)OC1=O. The van der Waals surface area contributed by atoms with Gasteiger partial charge in [-0.05, 0) is 30.2 Å². The molecule has 1 unspecified atom stereocenters. The third-order valence-electron chi connectivity index (χ3n) is 3.44. The minimum Gasteiger partial charge on any atom is -0.406 e. The fraction of sp³-hybridized carbons (Fsp3) is 0.176. The number of esters is 1. The molecule has 1 aliphatic heterocycles. The Kier molecular flexibility index (Phi) is 3.33. The third-order valence-corrected chi connectivity index (χ3v) is 3.44. The molecule has 1 heterocycles. The van der Waals surface area contributed by atoms with Crippen LogP contribution in [0.2, 0.25) is 0 Å². The van der Waals surface area contributed by atoms with Crippen LogP contribution < -0.4 is 0 Å². The Morgan fingerprint density at radius 2 is 1.75 bits per heavy atom. The number of benzene rings is 2. The highest BCUT2D eigenvalue weighted by Gasteiger charge is 2.30. The lowest BCUT2D eigenvalue weighted by Gasteiger charge is -2.06. The number of rotatable bonds is 3. The lowest BCUT2D eigenvalue weighted by molar-refractivity contribution is -0.134. The van der Waals surface area contributed by atoms with Crippen molar-refractivity contribution in [3.05, 3.63) is 71.3 Å². The maximum Gasteiger partial charge on any atom is 0.338 e. The molecule has 100 valence electrons. The number of carbonyl (C=O) groups excluding carboxylic acids is 1. The lowest BCUT2D eigenvalue weighted by atomic mass is 10.0. The standard InChI is InChI=1S/C17H15NO2/c1-12-7-5-6-10-14(12)11-15-17(19)20-16(18-15)13-8-3-2-4-9-13/h2-10,15H,11H2,1H3. The van der Waals surface area contributed by atoms with Gasteiger partial charge in [-0.15, -0.1) is 0 Å². The zero-order chi connectivity index (χ0) is 13.9. The Morgan fingerprint density at radius 1 is 1.05 bits per heavy atom. The summed E-state index contributed by atoms with van der Waals surface area (Å²) in [5.41, 5.74) is 3.14. The number of aryl methyl sites for hydroxylation is 1. The van der Waals surface area contributed by atoms with Gasteiger partial charge in [-0.2, -0.15) is 0 Å². The molecule has 2 aromatic rings. The molecule has 20 heavy (non-hydrogen) atoms. The average Bonchev–Trinajstić information content (AvgIpc) is 2.84. The predicted molar refractivity (Wildman–Crippen MR) is 77.7 cm³/mol. The van der Waals surface area contributed by atoms with Gasteiger partial charge in [0.2, 0.25) is 5.90 Å². The molecule has 0 saturated heterocycles. The van der Waals surface area contributed by atoms with Gasteiger partial charge in [0.1, 0.15) is 0 Å². The second kappa shape index (κ2) is 5.29. The molecular formula is C17H15NO2. The van der Waals surface area contributed by atoms with Gasteiger partial charge in [0, 0.05) is 12.0 Å². The van der Waals surface area contributed by atoms with Crippen LogP contribution >= 0.6 is 0 Å². The summed E-state index contributed by atoms with van der Waals surface area (Å²) in [5.74, 6) is 0.154. The first kappa shape index (κ1) is 12.6. The zero-order valence-corrected chi connectivity index (χ0v) is 11.2. The van der Waals surface area contributed by atoms with E-state index in [1.165, 1.54) is 5.56 Å². The first-order valence-corrected chi connectivity index (χ1v) is 6.63. The van der Waals surface area contributed by atoms with Crippen molar-refractivity contribution in [2.45, 2.75) is 19.4 Å². The van der Waals surface area contributed by atoms with Crippen LogP contribution in [0.4, 0.5) is 0 Å². The molecule has 1 atom stereocenters. The summed E-state index contributed by atoms with van der Waals surface area (Å²) in [7, 11) is 0. The monoisotopic (exact) mass is 265 g/mol. The van der Waals surface area contributed by atoms with Crippen molar-refractivity contribution in [3.8, 4) is 0 Å². The van der Waals surface area contributed by atoms with Crippen molar-refractivity contribution in [2.75, 3.05) is 0 Å². The number of aliphatic imine (C=N–C) groups is 1. The molecule has 3 rings (SSSR count). The van der Waals surface area contributed by atoms with Gasteiger partial charge < -0.3 is 4.74 Å². The summed E-state index contributed by atoms with van der Waals surface area (Å²) in [4.78, 5) is 16.4. The quantitative estimate of drug-likeness (QED) is 0.800. The Morgan fingerprint density at radius 3 is 2.50 bits per heavy atom. The van der Waals surface area contributed by atoms with Crippen molar-refractivity contribution in [1.29, 1.82) is 0 Å². The first-order valence-electron chi connectivity index (χ1n) is 6.63. The summed E-state index contributed by atoms with van der Waals surface area (Å²) >= 11 is 0. The van der Waals surface area contributed by atoms with Crippen LogP contribution in [0.15, 0.2) is 59.6 Å². The topological polar surface area (TPSA) is 38.7 Å². The van der Waals surface area contributed by atoms with Gasteiger partial charge in [0.05, 0.1) is 0 Å². The average molecular weight is 265 g/mol. The van der Waals surface area contributed by atoms with Gasteiger partial charge in [0.25, 0.3) is 0 Å². The molecule has 2 aromatic carbocycles.